The lowest BCUT2D eigenvalue weighted by Crippen LogP contribution is -2.27. The Balaban J connectivity index is 4.66. The van der Waals surface area contributed by atoms with Crippen molar-refractivity contribution < 1.29 is 4.79 Å². The van der Waals surface area contributed by atoms with Crippen LogP contribution < -0.4 is 0 Å². The Hall–Kier alpha value is 0.270. The molecule has 0 aliphatic heterocycles. The van der Waals surface area contributed by atoms with Crippen molar-refractivity contribution in [2.75, 3.05) is 12.3 Å². The minimum atomic E-state index is -0.187. The molecule has 0 aromatic heterocycles. The molecule has 0 aliphatic rings. The highest BCUT2D eigenvalue weighted by atomic mass is 31.1. The van der Waals surface area contributed by atoms with Crippen LogP contribution in [0.1, 0.15) is 95.9 Å². The summed E-state index contributed by atoms with van der Waals surface area (Å²) in [6.07, 6.45) is 7.97. The minimum absolute atomic E-state index is 0.0821. The van der Waals surface area contributed by atoms with E-state index in [1.54, 1.807) is 0 Å². The van der Waals surface area contributed by atoms with Crippen molar-refractivity contribution in [1.29, 1.82) is 0 Å². The van der Waals surface area contributed by atoms with Crippen LogP contribution >= 0.6 is 15.8 Å². The summed E-state index contributed by atoms with van der Waals surface area (Å²) in [5, 5.41) is 1.32. The summed E-state index contributed by atoms with van der Waals surface area (Å²) >= 11 is 0. The molecule has 0 saturated heterocycles. The minimum Gasteiger partial charge on any atom is -0.295 e. The highest BCUT2D eigenvalue weighted by Gasteiger charge is 2.34. The summed E-state index contributed by atoms with van der Waals surface area (Å²) in [6, 6.07) is 0. The molecule has 1 nitrogen and oxygen atoms in total. The molecule has 0 fully saturated rings. The average molecular weight is 401 g/mol. The van der Waals surface area contributed by atoms with Crippen LogP contribution in [0.25, 0.3) is 0 Å². The van der Waals surface area contributed by atoms with E-state index >= 15 is 0 Å². The van der Waals surface area contributed by atoms with Crippen LogP contribution in [-0.2, 0) is 4.79 Å². The van der Waals surface area contributed by atoms with Gasteiger partial charge in [-0.2, -0.15) is 0 Å². The maximum Gasteiger partial charge on any atom is 0.155 e. The molecule has 0 radical (unpaired) electrons. The molecule has 0 saturated carbocycles. The van der Waals surface area contributed by atoms with E-state index in [-0.39, 0.29) is 15.8 Å². The highest BCUT2D eigenvalue weighted by molar-refractivity contribution is 7.61. The highest BCUT2D eigenvalue weighted by Crippen LogP contribution is 2.60. The Morgan fingerprint density at radius 2 is 1.00 bits per heavy atom. The third-order valence-corrected chi connectivity index (χ3v) is 12.5. The molecule has 0 spiro atoms. The summed E-state index contributed by atoms with van der Waals surface area (Å²) in [6.45, 7) is 28.1. The monoisotopic (exact) mass is 400 g/mol. The Labute approximate surface area is 167 Å². The van der Waals surface area contributed by atoms with Crippen LogP contribution in [0.5, 0.6) is 0 Å². The third-order valence-electron chi connectivity index (χ3n) is 4.64. The topological polar surface area (TPSA) is 17.1 Å². The Morgan fingerprint density at radius 1 is 0.654 bits per heavy atom. The number of hydrogen-bond donors (Lipinski definition) is 0. The van der Waals surface area contributed by atoms with E-state index < -0.39 is 0 Å². The van der Waals surface area contributed by atoms with E-state index in [1.807, 2.05) is 6.08 Å². The molecular formula is C23H46OP2. The van der Waals surface area contributed by atoms with Crippen molar-refractivity contribution in [2.24, 2.45) is 0 Å². The van der Waals surface area contributed by atoms with Gasteiger partial charge in [0.2, 0.25) is 0 Å². The molecule has 0 N–H and O–H groups in total. The lowest BCUT2D eigenvalue weighted by Gasteiger charge is -2.41. The molecule has 0 rings (SSSR count). The molecular weight excluding hydrogens is 354 g/mol. The molecule has 0 bridgehead atoms. The summed E-state index contributed by atoms with van der Waals surface area (Å²) < 4.78 is 0. The van der Waals surface area contributed by atoms with E-state index in [2.05, 4.69) is 89.2 Å². The van der Waals surface area contributed by atoms with Crippen LogP contribution in [-0.4, -0.2) is 38.7 Å². The fraction of sp³-hybridized carbons (Fsp3) is 0.870. The molecule has 0 aliphatic carbocycles. The largest absolute Gasteiger partial charge is 0.295 e. The number of carbonyl (C=O) groups excluding carboxylic acids is 1. The van der Waals surface area contributed by atoms with E-state index in [0.29, 0.717) is 32.8 Å². The summed E-state index contributed by atoms with van der Waals surface area (Å²) in [4.78, 5) is 12.4. The van der Waals surface area contributed by atoms with Gasteiger partial charge in [0.15, 0.2) is 5.78 Å². The van der Waals surface area contributed by atoms with E-state index in [0.717, 1.165) is 12.6 Å². The Morgan fingerprint density at radius 3 is 1.35 bits per heavy atom. The molecule has 0 aromatic carbocycles. The lowest BCUT2D eigenvalue weighted by atomic mass is 10.2. The zero-order chi connectivity index (χ0) is 21.0. The van der Waals surface area contributed by atoms with Crippen molar-refractivity contribution in [1.82, 2.24) is 0 Å². The van der Waals surface area contributed by atoms with Gasteiger partial charge in [0.1, 0.15) is 0 Å². The molecule has 154 valence electrons. The normalized spacial score (nSPS) is 14.7. The van der Waals surface area contributed by atoms with Gasteiger partial charge in [-0.1, -0.05) is 105 Å². The van der Waals surface area contributed by atoms with Gasteiger partial charge in [-0.15, -0.1) is 0 Å². The van der Waals surface area contributed by atoms with Gasteiger partial charge in [-0.3, -0.25) is 4.79 Å². The second-order valence-electron chi connectivity index (χ2n) is 11.4. The number of allylic oxidation sites excluding steroid dienone is 2. The van der Waals surface area contributed by atoms with Crippen molar-refractivity contribution in [3.05, 3.63) is 12.2 Å². The first-order valence-corrected chi connectivity index (χ1v) is 13.2. The van der Waals surface area contributed by atoms with Gasteiger partial charge in [-0.25, -0.2) is 0 Å². The summed E-state index contributed by atoms with van der Waals surface area (Å²) in [7, 11) is -0.269. The van der Waals surface area contributed by atoms with Gasteiger partial charge >= 0.3 is 0 Å². The number of ketones is 1. The van der Waals surface area contributed by atoms with Crippen LogP contribution in [0.4, 0.5) is 0 Å². The Bertz CT molecular complexity index is 436. The average Bonchev–Trinajstić information content (AvgIpc) is 2.31. The van der Waals surface area contributed by atoms with Crippen LogP contribution in [0.3, 0.4) is 0 Å². The van der Waals surface area contributed by atoms with Crippen LogP contribution in [0.2, 0.25) is 0 Å². The molecule has 0 amide bonds. The smallest absolute Gasteiger partial charge is 0.155 e. The predicted molar refractivity (Wildman–Crippen MR) is 126 cm³/mol. The molecule has 0 heterocycles. The fourth-order valence-electron chi connectivity index (χ4n) is 4.08. The molecule has 0 unspecified atom stereocenters. The van der Waals surface area contributed by atoms with Gasteiger partial charge < -0.3 is 0 Å². The van der Waals surface area contributed by atoms with Crippen molar-refractivity contribution in [2.45, 2.75) is 117 Å². The fourth-order valence-corrected chi connectivity index (χ4v) is 11.6. The third kappa shape index (κ3) is 9.99. The maximum absolute atomic E-state index is 12.4. The van der Waals surface area contributed by atoms with Gasteiger partial charge in [0.05, 0.1) is 0 Å². The van der Waals surface area contributed by atoms with Gasteiger partial charge in [-0.05, 0) is 45.4 Å². The van der Waals surface area contributed by atoms with E-state index in [4.69, 9.17) is 0 Å². The first kappa shape index (κ1) is 26.3. The summed E-state index contributed by atoms with van der Waals surface area (Å²) in [5.41, 5.74) is 0. The van der Waals surface area contributed by atoms with Crippen LogP contribution in [0, 0.1) is 0 Å². The van der Waals surface area contributed by atoms with Crippen LogP contribution in [0.15, 0.2) is 12.2 Å². The van der Waals surface area contributed by atoms with E-state index in [1.165, 1.54) is 6.16 Å². The molecule has 26 heavy (non-hydrogen) atoms. The van der Waals surface area contributed by atoms with Gasteiger partial charge in [0, 0.05) is 6.42 Å². The second kappa shape index (κ2) is 9.65. The van der Waals surface area contributed by atoms with Gasteiger partial charge in [0.25, 0.3) is 0 Å². The SMILES string of the molecule is CC(C)(C)P(CC/C=C/C(=O)CCP(C(C)(C)C)C(C)(C)C)C(C)(C)C. The Kier molecular flexibility index (Phi) is 9.75. The first-order chi connectivity index (χ1) is 11.4. The molecule has 0 aromatic rings. The lowest BCUT2D eigenvalue weighted by molar-refractivity contribution is -0.114. The van der Waals surface area contributed by atoms with E-state index in [9.17, 15) is 4.79 Å². The number of carbonyl (C=O) groups is 1. The molecule has 0 atom stereocenters. The van der Waals surface area contributed by atoms with Crippen molar-refractivity contribution in [3.63, 3.8) is 0 Å². The quantitative estimate of drug-likeness (QED) is 0.312. The van der Waals surface area contributed by atoms with Crippen molar-refractivity contribution >= 4 is 21.6 Å². The zero-order valence-electron chi connectivity index (χ0n) is 19.8. The molecule has 3 heteroatoms. The van der Waals surface area contributed by atoms with Crippen molar-refractivity contribution in [3.8, 4) is 0 Å². The number of rotatable bonds is 7. The number of hydrogen-bond acceptors (Lipinski definition) is 1. The second-order valence-corrected chi connectivity index (χ2v) is 19.4. The zero-order valence-corrected chi connectivity index (χ0v) is 21.6. The predicted octanol–water partition coefficient (Wildman–Crippen LogP) is 8.05. The summed E-state index contributed by atoms with van der Waals surface area (Å²) in [5.74, 6) is 0.307. The first-order valence-electron chi connectivity index (χ1n) is 10.1. The standard InChI is InChI=1S/C23H46OP2/c1-20(2,3)25(21(4,5)6)17-14-13-15-19(24)16-18-26(22(7,8)9)23(10,11)12/h13,15H,14,16-18H2,1-12H3/b15-13+. The maximum atomic E-state index is 12.4.